The maximum atomic E-state index is 13.8. The summed E-state index contributed by atoms with van der Waals surface area (Å²) < 4.78 is 39.7. The average Bonchev–Trinajstić information content (AvgIpc) is 3.67. The zero-order chi connectivity index (χ0) is 31.9. The fraction of sp³-hybridized carbons (Fsp3) is 0.562. The number of aliphatic hydroxyl groups is 1. The van der Waals surface area contributed by atoms with E-state index >= 15 is 0 Å². The zero-order valence-electron chi connectivity index (χ0n) is 26.1. The molecule has 2 aliphatic rings. The van der Waals surface area contributed by atoms with Crippen molar-refractivity contribution < 1.29 is 32.6 Å². The number of nitrogens with one attached hydrogen (secondary N) is 2. The van der Waals surface area contributed by atoms with Gasteiger partial charge in [0.05, 0.1) is 23.6 Å². The molecule has 11 nitrogen and oxygen atoms in total. The number of hydrogen-bond donors (Lipinski definition) is 3. The fourth-order valence-electron chi connectivity index (χ4n) is 5.52. The molecule has 2 aromatic rings. The molecule has 3 atom stereocenters. The van der Waals surface area contributed by atoms with Crippen molar-refractivity contribution in [1.29, 1.82) is 0 Å². The highest BCUT2D eigenvalue weighted by molar-refractivity contribution is 7.89. The van der Waals surface area contributed by atoms with Gasteiger partial charge in [-0.3, -0.25) is 14.5 Å². The van der Waals surface area contributed by atoms with Gasteiger partial charge in [0, 0.05) is 19.2 Å². The van der Waals surface area contributed by atoms with Crippen LogP contribution in [0.2, 0.25) is 0 Å². The number of amides is 2. The molecule has 0 unspecified atom stereocenters. The largest absolute Gasteiger partial charge is 0.454 e. The van der Waals surface area contributed by atoms with Crippen LogP contribution in [-0.2, 0) is 26.0 Å². The molecule has 1 saturated heterocycles. The van der Waals surface area contributed by atoms with E-state index < -0.39 is 34.1 Å². The molecule has 0 bridgehead atoms. The van der Waals surface area contributed by atoms with Gasteiger partial charge in [0.2, 0.25) is 28.6 Å². The van der Waals surface area contributed by atoms with Crippen molar-refractivity contribution >= 4 is 21.8 Å². The summed E-state index contributed by atoms with van der Waals surface area (Å²) in [7, 11) is -4.04. The first-order chi connectivity index (χ1) is 20.9. The standard InChI is InChI=1S/C32H46N4O7S/c1-22(2)18-36(44(40,41)25-12-13-28-29(17-25)43-21-42-28)19-27(37)26(16-24-10-6-5-7-11-24)33-32(39)31(23(3)4)34-30(38)20-35-14-8-9-15-35/h5-7,10-13,17,22-23,26-27,31,37H,8-9,14-16,18-21H2,1-4H3,(H,33,39)(H,34,38)/t26-,27+,31-/m0/s1. The van der Waals surface area contributed by atoms with Gasteiger partial charge in [0.15, 0.2) is 11.5 Å². The van der Waals surface area contributed by atoms with Crippen LogP contribution < -0.4 is 20.1 Å². The molecule has 2 aromatic carbocycles. The average molecular weight is 631 g/mol. The SMILES string of the molecule is CC(C)CN(C[C@@H](O)[C@H](Cc1ccccc1)NC(=O)[C@@H](NC(=O)CN1CCCC1)C(C)C)S(=O)(=O)c1ccc2c(c1)OCO2. The molecule has 0 radical (unpaired) electrons. The molecule has 44 heavy (non-hydrogen) atoms. The van der Waals surface area contributed by atoms with Gasteiger partial charge in [-0.15, -0.1) is 0 Å². The van der Waals surface area contributed by atoms with Gasteiger partial charge in [0.1, 0.15) is 6.04 Å². The number of hydrogen-bond acceptors (Lipinski definition) is 8. The lowest BCUT2D eigenvalue weighted by atomic mass is 9.98. The molecule has 3 N–H and O–H groups in total. The summed E-state index contributed by atoms with van der Waals surface area (Å²) in [5, 5.41) is 17.4. The van der Waals surface area contributed by atoms with Gasteiger partial charge in [-0.25, -0.2) is 8.42 Å². The number of carbonyl (C=O) groups is 2. The Bertz CT molecular complexity index is 1360. The third-order valence-corrected chi connectivity index (χ3v) is 9.69. The lowest BCUT2D eigenvalue weighted by Gasteiger charge is -2.32. The second-order valence-corrected chi connectivity index (χ2v) is 14.3. The van der Waals surface area contributed by atoms with Gasteiger partial charge in [-0.1, -0.05) is 58.0 Å². The van der Waals surface area contributed by atoms with E-state index in [2.05, 4.69) is 15.5 Å². The second kappa shape index (κ2) is 15.2. The summed E-state index contributed by atoms with van der Waals surface area (Å²) in [6.45, 7) is 9.38. The van der Waals surface area contributed by atoms with E-state index in [0.717, 1.165) is 31.5 Å². The van der Waals surface area contributed by atoms with Crippen LogP contribution in [0.3, 0.4) is 0 Å². The summed E-state index contributed by atoms with van der Waals surface area (Å²) in [6.07, 6.45) is 1.12. The lowest BCUT2D eigenvalue weighted by Crippen LogP contribution is -2.57. The number of aliphatic hydroxyl groups excluding tert-OH is 1. The van der Waals surface area contributed by atoms with Crippen LogP contribution in [0.5, 0.6) is 11.5 Å². The van der Waals surface area contributed by atoms with Crippen LogP contribution in [0.4, 0.5) is 0 Å². The van der Waals surface area contributed by atoms with Crippen LogP contribution in [0.15, 0.2) is 53.4 Å². The van der Waals surface area contributed by atoms with Crippen molar-refractivity contribution in [2.24, 2.45) is 11.8 Å². The number of likely N-dealkylation sites (tertiary alicyclic amines) is 1. The second-order valence-electron chi connectivity index (χ2n) is 12.4. The Hall–Kier alpha value is -3.19. The molecule has 2 heterocycles. The predicted molar refractivity (Wildman–Crippen MR) is 167 cm³/mol. The van der Waals surface area contributed by atoms with Gasteiger partial charge in [0.25, 0.3) is 0 Å². The minimum atomic E-state index is -4.04. The summed E-state index contributed by atoms with van der Waals surface area (Å²) in [5.74, 6) is -0.0862. The van der Waals surface area contributed by atoms with E-state index in [1.807, 2.05) is 58.0 Å². The highest BCUT2D eigenvalue weighted by atomic mass is 32.2. The molecule has 12 heteroatoms. The maximum absolute atomic E-state index is 13.8. The highest BCUT2D eigenvalue weighted by Crippen LogP contribution is 2.35. The minimum Gasteiger partial charge on any atom is -0.454 e. The third kappa shape index (κ3) is 8.93. The molecule has 242 valence electrons. The van der Waals surface area contributed by atoms with Gasteiger partial charge < -0.3 is 25.2 Å². The topological polar surface area (TPSA) is 138 Å². The number of ether oxygens (including phenoxy) is 2. The number of rotatable bonds is 15. The van der Waals surface area contributed by atoms with Crippen LogP contribution in [0, 0.1) is 11.8 Å². The molecule has 2 aliphatic heterocycles. The summed E-state index contributed by atoms with van der Waals surface area (Å²) in [6, 6.07) is 12.2. The minimum absolute atomic E-state index is 0.0181. The van der Waals surface area contributed by atoms with E-state index in [4.69, 9.17) is 9.47 Å². The van der Waals surface area contributed by atoms with Gasteiger partial charge >= 0.3 is 0 Å². The Morgan fingerprint density at radius 1 is 0.955 bits per heavy atom. The molecule has 0 spiro atoms. The van der Waals surface area contributed by atoms with Crippen LogP contribution in [0.25, 0.3) is 0 Å². The van der Waals surface area contributed by atoms with Crippen molar-refractivity contribution in [2.75, 3.05) is 39.5 Å². The predicted octanol–water partition coefficient (Wildman–Crippen LogP) is 2.39. The van der Waals surface area contributed by atoms with Crippen molar-refractivity contribution in [3.8, 4) is 11.5 Å². The molecule has 1 fully saturated rings. The zero-order valence-corrected chi connectivity index (χ0v) is 26.9. The van der Waals surface area contributed by atoms with E-state index in [9.17, 15) is 23.1 Å². The lowest BCUT2D eigenvalue weighted by molar-refractivity contribution is -0.131. The number of carbonyl (C=O) groups excluding carboxylic acids is 2. The van der Waals surface area contributed by atoms with Gasteiger partial charge in [-0.2, -0.15) is 4.31 Å². The van der Waals surface area contributed by atoms with Gasteiger partial charge in [-0.05, 0) is 61.9 Å². The summed E-state index contributed by atoms with van der Waals surface area (Å²) in [5.41, 5.74) is 0.866. The van der Waals surface area contributed by atoms with Crippen molar-refractivity contribution in [3.63, 3.8) is 0 Å². The number of nitrogens with zero attached hydrogens (tertiary/aromatic N) is 2. The fourth-order valence-corrected chi connectivity index (χ4v) is 7.16. The molecular formula is C32H46N4O7S. The summed E-state index contributed by atoms with van der Waals surface area (Å²) >= 11 is 0. The highest BCUT2D eigenvalue weighted by Gasteiger charge is 2.34. The Labute approximate surface area is 261 Å². The first kappa shape index (κ1) is 33.7. The molecule has 0 aromatic heterocycles. The van der Waals surface area contributed by atoms with E-state index in [1.165, 1.54) is 16.4 Å². The number of sulfonamides is 1. The molecule has 4 rings (SSSR count). The van der Waals surface area contributed by atoms with E-state index in [1.54, 1.807) is 6.07 Å². The van der Waals surface area contributed by atoms with Crippen molar-refractivity contribution in [1.82, 2.24) is 19.8 Å². The van der Waals surface area contributed by atoms with Crippen LogP contribution in [0.1, 0.15) is 46.1 Å². The maximum Gasteiger partial charge on any atom is 0.243 e. The van der Waals surface area contributed by atoms with Crippen LogP contribution >= 0.6 is 0 Å². The first-order valence-electron chi connectivity index (χ1n) is 15.4. The molecule has 0 saturated carbocycles. The molecule has 2 amide bonds. The van der Waals surface area contributed by atoms with Crippen LogP contribution in [-0.4, -0.2) is 92.2 Å². The van der Waals surface area contributed by atoms with Crippen molar-refractivity contribution in [3.05, 3.63) is 54.1 Å². The Balaban J connectivity index is 1.54. The number of benzene rings is 2. The van der Waals surface area contributed by atoms with E-state index in [-0.39, 0.29) is 55.5 Å². The van der Waals surface area contributed by atoms with E-state index in [0.29, 0.717) is 11.5 Å². The normalized spacial score (nSPS) is 17.2. The Kier molecular flexibility index (Phi) is 11.6. The Morgan fingerprint density at radius 2 is 1.64 bits per heavy atom. The molecule has 0 aliphatic carbocycles. The summed E-state index contributed by atoms with van der Waals surface area (Å²) in [4.78, 5) is 28.6. The van der Waals surface area contributed by atoms with Crippen molar-refractivity contribution in [2.45, 2.75) is 70.0 Å². The Morgan fingerprint density at radius 3 is 2.30 bits per heavy atom. The smallest absolute Gasteiger partial charge is 0.243 e. The number of fused-ring (bicyclic) bond motifs is 1. The quantitative estimate of drug-likeness (QED) is 0.273. The first-order valence-corrected chi connectivity index (χ1v) is 16.8. The monoisotopic (exact) mass is 630 g/mol. The molecular weight excluding hydrogens is 584 g/mol. The third-order valence-electron chi connectivity index (χ3n) is 7.86.